The first-order chi connectivity index (χ1) is 7.56. The first kappa shape index (κ1) is 11.6. The van der Waals surface area contributed by atoms with Crippen molar-refractivity contribution in [2.24, 2.45) is 5.73 Å². The van der Waals surface area contributed by atoms with Gasteiger partial charge in [-0.15, -0.1) is 0 Å². The van der Waals surface area contributed by atoms with E-state index in [1.54, 1.807) is 0 Å². The normalized spacial score (nSPS) is 26.2. The fourth-order valence-corrected chi connectivity index (χ4v) is 2.65. The van der Waals surface area contributed by atoms with Gasteiger partial charge in [0.1, 0.15) is 0 Å². The van der Waals surface area contributed by atoms with Gasteiger partial charge < -0.3 is 5.73 Å². The summed E-state index contributed by atoms with van der Waals surface area (Å²) in [6.07, 6.45) is 1.13. The smallest absolute Gasteiger partial charge is 0.0237 e. The van der Waals surface area contributed by atoms with Crippen LogP contribution in [-0.4, -0.2) is 23.5 Å². The lowest BCUT2D eigenvalue weighted by Crippen LogP contribution is -2.36. The summed E-state index contributed by atoms with van der Waals surface area (Å²) >= 11 is 0. The third-order valence-electron chi connectivity index (χ3n) is 3.61. The summed E-state index contributed by atoms with van der Waals surface area (Å²) in [5, 5.41) is 0. The topological polar surface area (TPSA) is 29.3 Å². The van der Waals surface area contributed by atoms with Crippen LogP contribution in [0.2, 0.25) is 0 Å². The number of rotatable bonds is 2. The third-order valence-corrected chi connectivity index (χ3v) is 3.61. The average Bonchev–Trinajstić information content (AvgIpc) is 2.48. The van der Waals surface area contributed by atoms with E-state index in [0.29, 0.717) is 12.1 Å². The maximum absolute atomic E-state index is 6.04. The Morgan fingerprint density at radius 3 is 2.38 bits per heavy atom. The zero-order chi connectivity index (χ0) is 11.7. The minimum atomic E-state index is 0.353. The maximum Gasteiger partial charge on any atom is 0.0237 e. The number of aryl methyl sites for hydroxylation is 2. The molecule has 2 atom stereocenters. The van der Waals surface area contributed by atoms with Crippen molar-refractivity contribution >= 4 is 0 Å². The number of hydrogen-bond acceptors (Lipinski definition) is 2. The molecule has 0 amide bonds. The van der Waals surface area contributed by atoms with Gasteiger partial charge in [0.25, 0.3) is 0 Å². The molecule has 2 N–H and O–H groups in total. The van der Waals surface area contributed by atoms with E-state index in [4.69, 9.17) is 5.73 Å². The fourth-order valence-electron chi connectivity index (χ4n) is 2.65. The lowest BCUT2D eigenvalue weighted by Gasteiger charge is -2.23. The van der Waals surface area contributed by atoms with E-state index in [-0.39, 0.29) is 0 Å². The third kappa shape index (κ3) is 2.45. The van der Waals surface area contributed by atoms with E-state index in [1.165, 1.54) is 16.7 Å². The van der Waals surface area contributed by atoms with Gasteiger partial charge in [-0.25, -0.2) is 0 Å². The predicted molar refractivity (Wildman–Crippen MR) is 68.4 cm³/mol. The Kier molecular flexibility index (Phi) is 3.31. The van der Waals surface area contributed by atoms with Gasteiger partial charge in [0.05, 0.1) is 0 Å². The quantitative estimate of drug-likeness (QED) is 0.824. The Hall–Kier alpha value is -0.860. The van der Waals surface area contributed by atoms with Crippen LogP contribution in [-0.2, 0) is 6.54 Å². The highest BCUT2D eigenvalue weighted by molar-refractivity contribution is 5.28. The SMILES string of the molecule is Cc1cc(C)cc(CN2CCC(N)C2C)c1. The van der Waals surface area contributed by atoms with E-state index in [1.807, 2.05) is 0 Å². The molecule has 1 aliphatic rings. The van der Waals surface area contributed by atoms with Crippen LogP contribution in [0.1, 0.15) is 30.0 Å². The van der Waals surface area contributed by atoms with E-state index in [9.17, 15) is 0 Å². The molecular formula is C14H22N2. The van der Waals surface area contributed by atoms with Gasteiger partial charge in [-0.2, -0.15) is 0 Å². The maximum atomic E-state index is 6.04. The highest BCUT2D eigenvalue weighted by atomic mass is 15.2. The molecule has 2 rings (SSSR count). The zero-order valence-corrected chi connectivity index (χ0v) is 10.5. The molecule has 0 aromatic heterocycles. The summed E-state index contributed by atoms with van der Waals surface area (Å²) in [6, 6.07) is 7.65. The van der Waals surface area contributed by atoms with E-state index in [2.05, 4.69) is 43.9 Å². The Morgan fingerprint density at radius 2 is 1.88 bits per heavy atom. The molecule has 88 valence electrons. The Bertz CT molecular complexity index is 353. The van der Waals surface area contributed by atoms with Crippen molar-refractivity contribution in [2.45, 2.75) is 45.8 Å². The van der Waals surface area contributed by atoms with Crippen LogP contribution in [0.15, 0.2) is 18.2 Å². The van der Waals surface area contributed by atoms with Crippen molar-refractivity contribution < 1.29 is 0 Å². The molecule has 0 spiro atoms. The molecule has 2 nitrogen and oxygen atoms in total. The van der Waals surface area contributed by atoms with Crippen LogP contribution in [0.25, 0.3) is 0 Å². The number of hydrogen-bond donors (Lipinski definition) is 1. The molecule has 0 aliphatic carbocycles. The fraction of sp³-hybridized carbons (Fsp3) is 0.571. The van der Waals surface area contributed by atoms with Crippen molar-refractivity contribution in [2.75, 3.05) is 6.54 Å². The molecule has 16 heavy (non-hydrogen) atoms. The highest BCUT2D eigenvalue weighted by Gasteiger charge is 2.27. The van der Waals surface area contributed by atoms with Gasteiger partial charge >= 0.3 is 0 Å². The minimum absolute atomic E-state index is 0.353. The standard InChI is InChI=1S/C14H22N2/c1-10-6-11(2)8-13(7-10)9-16-5-4-14(15)12(16)3/h6-8,12,14H,4-5,9,15H2,1-3H3. The van der Waals surface area contributed by atoms with Crippen LogP contribution < -0.4 is 5.73 Å². The predicted octanol–water partition coefficient (Wildman–Crippen LogP) is 2.22. The van der Waals surface area contributed by atoms with Gasteiger partial charge in [-0.1, -0.05) is 29.3 Å². The molecule has 0 saturated carbocycles. The van der Waals surface area contributed by atoms with Crippen molar-refractivity contribution in [3.05, 3.63) is 34.9 Å². The molecule has 1 aromatic rings. The van der Waals surface area contributed by atoms with Crippen molar-refractivity contribution in [1.29, 1.82) is 0 Å². The van der Waals surface area contributed by atoms with Gasteiger partial charge in [-0.3, -0.25) is 4.90 Å². The molecule has 1 heterocycles. The lowest BCUT2D eigenvalue weighted by molar-refractivity contribution is 0.251. The van der Waals surface area contributed by atoms with Crippen molar-refractivity contribution in [3.63, 3.8) is 0 Å². The van der Waals surface area contributed by atoms with Gasteiger partial charge in [0.2, 0.25) is 0 Å². The number of nitrogens with zero attached hydrogens (tertiary/aromatic N) is 1. The molecule has 2 unspecified atom stereocenters. The van der Waals surface area contributed by atoms with Crippen molar-refractivity contribution in [3.8, 4) is 0 Å². The van der Waals surface area contributed by atoms with Crippen molar-refractivity contribution in [1.82, 2.24) is 4.90 Å². The molecule has 1 fully saturated rings. The van der Waals surface area contributed by atoms with E-state index >= 15 is 0 Å². The molecule has 1 aromatic carbocycles. The van der Waals surface area contributed by atoms with Crippen LogP contribution in [0.3, 0.4) is 0 Å². The van der Waals surface area contributed by atoms with E-state index in [0.717, 1.165) is 19.5 Å². The van der Waals surface area contributed by atoms with Gasteiger partial charge in [-0.05, 0) is 32.8 Å². The first-order valence-electron chi connectivity index (χ1n) is 6.13. The van der Waals surface area contributed by atoms with Crippen LogP contribution in [0.4, 0.5) is 0 Å². The monoisotopic (exact) mass is 218 g/mol. The van der Waals surface area contributed by atoms with Gasteiger partial charge in [0, 0.05) is 25.2 Å². The Balaban J connectivity index is 2.09. The van der Waals surface area contributed by atoms with Crippen LogP contribution in [0.5, 0.6) is 0 Å². The molecule has 2 heteroatoms. The molecule has 0 radical (unpaired) electrons. The Morgan fingerprint density at radius 1 is 1.25 bits per heavy atom. The zero-order valence-electron chi connectivity index (χ0n) is 10.5. The lowest BCUT2D eigenvalue weighted by atomic mass is 10.1. The number of nitrogens with two attached hydrogens (primary N) is 1. The second kappa shape index (κ2) is 4.56. The number of likely N-dealkylation sites (tertiary alicyclic amines) is 1. The average molecular weight is 218 g/mol. The second-order valence-electron chi connectivity index (χ2n) is 5.16. The second-order valence-corrected chi connectivity index (χ2v) is 5.16. The molecular weight excluding hydrogens is 196 g/mol. The van der Waals surface area contributed by atoms with Crippen LogP contribution >= 0.6 is 0 Å². The van der Waals surface area contributed by atoms with Gasteiger partial charge in [0.15, 0.2) is 0 Å². The summed E-state index contributed by atoms with van der Waals surface area (Å²) in [4.78, 5) is 2.48. The summed E-state index contributed by atoms with van der Waals surface area (Å²) in [5.41, 5.74) is 10.2. The first-order valence-corrected chi connectivity index (χ1v) is 6.13. The Labute approximate surface area is 98.4 Å². The summed E-state index contributed by atoms with van der Waals surface area (Å²) < 4.78 is 0. The van der Waals surface area contributed by atoms with E-state index < -0.39 is 0 Å². The number of benzene rings is 1. The molecule has 0 bridgehead atoms. The highest BCUT2D eigenvalue weighted by Crippen LogP contribution is 2.20. The minimum Gasteiger partial charge on any atom is -0.326 e. The molecule has 1 saturated heterocycles. The van der Waals surface area contributed by atoms with Crippen LogP contribution in [0, 0.1) is 13.8 Å². The summed E-state index contributed by atoms with van der Waals surface area (Å²) in [7, 11) is 0. The summed E-state index contributed by atoms with van der Waals surface area (Å²) in [6.45, 7) is 8.73. The molecule has 1 aliphatic heterocycles. The summed E-state index contributed by atoms with van der Waals surface area (Å²) in [5.74, 6) is 0. The largest absolute Gasteiger partial charge is 0.326 e.